The monoisotopic (exact) mass is 577 g/mol. The van der Waals surface area contributed by atoms with Crippen molar-refractivity contribution < 1.29 is 0 Å². The lowest BCUT2D eigenvalue weighted by molar-refractivity contribution is 0.660. The first-order valence-corrected chi connectivity index (χ1v) is 15.8. The van der Waals surface area contributed by atoms with Gasteiger partial charge in [0.05, 0.1) is 5.69 Å². The fraction of sp³-hybridized carbons (Fsp3) is 0.114. The summed E-state index contributed by atoms with van der Waals surface area (Å²) in [5, 5.41) is 4.95. The maximum absolute atomic E-state index is 5.24. The van der Waals surface area contributed by atoms with Gasteiger partial charge < -0.3 is 0 Å². The average molecular weight is 578 g/mol. The first kappa shape index (κ1) is 27.3. The summed E-state index contributed by atoms with van der Waals surface area (Å²) in [7, 11) is 0. The van der Waals surface area contributed by atoms with E-state index in [4.69, 9.17) is 4.99 Å². The fourth-order valence-electron chi connectivity index (χ4n) is 7.56. The third-order valence-electron chi connectivity index (χ3n) is 9.77. The number of nitrogens with zero attached hydrogens (tertiary/aromatic N) is 1. The van der Waals surface area contributed by atoms with E-state index in [-0.39, 0.29) is 5.41 Å². The zero-order chi connectivity index (χ0) is 30.7. The van der Waals surface area contributed by atoms with Crippen LogP contribution in [0.15, 0.2) is 145 Å². The Balaban J connectivity index is 1.52. The first-order valence-electron chi connectivity index (χ1n) is 15.8. The molecule has 0 bridgehead atoms. The molecule has 0 spiro atoms. The van der Waals surface area contributed by atoms with Crippen LogP contribution in [0, 0.1) is 6.92 Å². The van der Waals surface area contributed by atoms with Crippen LogP contribution < -0.4 is 0 Å². The van der Waals surface area contributed by atoms with Crippen molar-refractivity contribution in [3.63, 3.8) is 0 Å². The lowest BCUT2D eigenvalue weighted by atomic mass is 9.80. The second-order valence-corrected chi connectivity index (χ2v) is 12.8. The Bertz CT molecular complexity index is 2300. The summed E-state index contributed by atoms with van der Waals surface area (Å²) in [5.41, 5.74) is 14.8. The SMILES string of the molecule is C/C(=N\c1ccccc1C)c1c2ccccc2c(-c2cccc3c2-c2ccccc2C3(C)C)c2cc(-c3ccccc3)ccc12. The molecule has 0 atom stereocenters. The van der Waals surface area contributed by atoms with Gasteiger partial charge in [-0.25, -0.2) is 0 Å². The molecule has 45 heavy (non-hydrogen) atoms. The minimum Gasteiger partial charge on any atom is -0.253 e. The molecule has 1 heteroatoms. The number of benzene rings is 7. The zero-order valence-electron chi connectivity index (χ0n) is 26.2. The van der Waals surface area contributed by atoms with Gasteiger partial charge in [0.25, 0.3) is 0 Å². The Morgan fingerprint density at radius 2 is 1.16 bits per heavy atom. The number of hydrogen-bond donors (Lipinski definition) is 0. The third kappa shape index (κ3) is 4.26. The molecule has 0 saturated heterocycles. The maximum Gasteiger partial charge on any atom is 0.0662 e. The number of rotatable bonds is 4. The highest BCUT2D eigenvalue weighted by molar-refractivity contribution is 6.27. The van der Waals surface area contributed by atoms with Crippen LogP contribution in [0.3, 0.4) is 0 Å². The molecular weight excluding hydrogens is 542 g/mol. The number of hydrogen-bond acceptors (Lipinski definition) is 1. The van der Waals surface area contributed by atoms with E-state index >= 15 is 0 Å². The van der Waals surface area contributed by atoms with Crippen LogP contribution in [0.1, 0.15) is 43.0 Å². The zero-order valence-corrected chi connectivity index (χ0v) is 26.2. The molecule has 1 aliphatic carbocycles. The van der Waals surface area contributed by atoms with E-state index in [0.717, 1.165) is 11.4 Å². The van der Waals surface area contributed by atoms with Crippen molar-refractivity contribution in [3.8, 4) is 33.4 Å². The van der Waals surface area contributed by atoms with Crippen molar-refractivity contribution in [2.24, 2.45) is 4.99 Å². The van der Waals surface area contributed by atoms with Crippen LogP contribution in [0.4, 0.5) is 5.69 Å². The van der Waals surface area contributed by atoms with E-state index in [2.05, 4.69) is 167 Å². The summed E-state index contributed by atoms with van der Waals surface area (Å²) in [4.78, 5) is 5.24. The number of para-hydroxylation sites is 1. The molecule has 1 aliphatic rings. The van der Waals surface area contributed by atoms with Crippen molar-refractivity contribution in [2.45, 2.75) is 33.1 Å². The molecule has 0 fully saturated rings. The molecule has 0 N–H and O–H groups in total. The topological polar surface area (TPSA) is 12.4 Å². The van der Waals surface area contributed by atoms with Gasteiger partial charge in [-0.1, -0.05) is 141 Å². The van der Waals surface area contributed by atoms with Crippen LogP contribution in [-0.4, -0.2) is 5.71 Å². The molecule has 8 rings (SSSR count). The quantitative estimate of drug-likeness (QED) is 0.146. The first-order chi connectivity index (χ1) is 21.9. The summed E-state index contributed by atoms with van der Waals surface area (Å²) in [6.45, 7) is 9.02. The molecular formula is C44H35N. The van der Waals surface area contributed by atoms with E-state index in [1.165, 1.54) is 77.2 Å². The molecule has 0 unspecified atom stereocenters. The van der Waals surface area contributed by atoms with E-state index in [1.807, 2.05) is 0 Å². The fourth-order valence-corrected chi connectivity index (χ4v) is 7.56. The van der Waals surface area contributed by atoms with Gasteiger partial charge in [0.15, 0.2) is 0 Å². The van der Waals surface area contributed by atoms with Gasteiger partial charge in [0.1, 0.15) is 0 Å². The van der Waals surface area contributed by atoms with Gasteiger partial charge in [-0.05, 0) is 97.6 Å². The molecule has 216 valence electrons. The predicted molar refractivity (Wildman–Crippen MR) is 193 cm³/mol. The van der Waals surface area contributed by atoms with E-state index < -0.39 is 0 Å². The van der Waals surface area contributed by atoms with Crippen LogP contribution in [0.5, 0.6) is 0 Å². The molecule has 0 radical (unpaired) electrons. The van der Waals surface area contributed by atoms with Crippen LogP contribution >= 0.6 is 0 Å². The molecule has 0 aliphatic heterocycles. The van der Waals surface area contributed by atoms with Gasteiger partial charge >= 0.3 is 0 Å². The van der Waals surface area contributed by atoms with Crippen LogP contribution in [0.2, 0.25) is 0 Å². The number of aryl methyl sites for hydroxylation is 1. The predicted octanol–water partition coefficient (Wildman–Crippen LogP) is 12.1. The normalized spacial score (nSPS) is 13.6. The Kier molecular flexibility index (Phi) is 6.32. The summed E-state index contributed by atoms with van der Waals surface area (Å²) in [5.74, 6) is 0. The summed E-state index contributed by atoms with van der Waals surface area (Å²) < 4.78 is 0. The van der Waals surface area contributed by atoms with Gasteiger partial charge in [-0.2, -0.15) is 0 Å². The summed E-state index contributed by atoms with van der Waals surface area (Å²) in [6.07, 6.45) is 0. The Morgan fingerprint density at radius 1 is 0.511 bits per heavy atom. The van der Waals surface area contributed by atoms with Crippen molar-refractivity contribution in [2.75, 3.05) is 0 Å². The molecule has 0 amide bonds. The molecule has 7 aromatic rings. The van der Waals surface area contributed by atoms with Gasteiger partial charge in [0, 0.05) is 16.7 Å². The van der Waals surface area contributed by atoms with Crippen molar-refractivity contribution in [3.05, 3.63) is 162 Å². The second-order valence-electron chi connectivity index (χ2n) is 12.8. The molecule has 7 aromatic carbocycles. The standard InChI is InChI=1S/C44H35N/c1-28-15-8-13-24-40(28)45-29(2)41-32-18-9-10-19-33(32)42(37-27-31(25-26-34(37)41)30-16-6-5-7-17-30)36-21-14-23-39-43(36)35-20-11-12-22-38(35)44(39,3)4/h5-27H,1-4H3/b45-29+. The minimum atomic E-state index is -0.0700. The highest BCUT2D eigenvalue weighted by atomic mass is 14.7. The van der Waals surface area contributed by atoms with Crippen molar-refractivity contribution >= 4 is 32.9 Å². The average Bonchev–Trinajstić information content (AvgIpc) is 3.31. The van der Waals surface area contributed by atoms with E-state index in [9.17, 15) is 0 Å². The molecule has 0 heterocycles. The largest absolute Gasteiger partial charge is 0.253 e. The van der Waals surface area contributed by atoms with Gasteiger partial charge in [0.2, 0.25) is 0 Å². The van der Waals surface area contributed by atoms with Gasteiger partial charge in [-0.3, -0.25) is 4.99 Å². The summed E-state index contributed by atoms with van der Waals surface area (Å²) in [6, 6.07) is 50.9. The summed E-state index contributed by atoms with van der Waals surface area (Å²) >= 11 is 0. The van der Waals surface area contributed by atoms with Crippen molar-refractivity contribution in [1.29, 1.82) is 0 Å². The van der Waals surface area contributed by atoms with E-state index in [1.54, 1.807) is 0 Å². The second kappa shape index (κ2) is 10.4. The smallest absolute Gasteiger partial charge is 0.0662 e. The maximum atomic E-state index is 5.24. The Labute approximate surface area is 265 Å². The third-order valence-corrected chi connectivity index (χ3v) is 9.77. The highest BCUT2D eigenvalue weighted by Gasteiger charge is 2.37. The highest BCUT2D eigenvalue weighted by Crippen LogP contribution is 2.54. The number of fused-ring (bicyclic) bond motifs is 5. The van der Waals surface area contributed by atoms with Crippen LogP contribution in [-0.2, 0) is 5.41 Å². The molecule has 0 aromatic heterocycles. The van der Waals surface area contributed by atoms with Crippen molar-refractivity contribution in [1.82, 2.24) is 0 Å². The van der Waals surface area contributed by atoms with Gasteiger partial charge in [-0.15, -0.1) is 0 Å². The number of aliphatic imine (C=N–C) groups is 1. The Morgan fingerprint density at radius 3 is 1.98 bits per heavy atom. The minimum absolute atomic E-state index is 0.0700. The Hall–Kier alpha value is -5.27. The van der Waals surface area contributed by atoms with E-state index in [0.29, 0.717) is 0 Å². The van der Waals surface area contributed by atoms with Crippen LogP contribution in [0.25, 0.3) is 54.9 Å². The lowest BCUT2D eigenvalue weighted by Gasteiger charge is -2.23. The lowest BCUT2D eigenvalue weighted by Crippen LogP contribution is -2.14. The molecule has 1 nitrogen and oxygen atoms in total. The molecule has 0 saturated carbocycles.